The molecule has 1 atom stereocenters. The molecular weight excluding hydrogens is 388 g/mol. The second kappa shape index (κ2) is 8.23. The van der Waals surface area contributed by atoms with Gasteiger partial charge in [-0.15, -0.1) is 0 Å². The summed E-state index contributed by atoms with van der Waals surface area (Å²) >= 11 is 0. The minimum Gasteiger partial charge on any atom is -0.467 e. The van der Waals surface area contributed by atoms with Crippen LogP contribution in [0.1, 0.15) is 46.7 Å². The van der Waals surface area contributed by atoms with Gasteiger partial charge in [-0.2, -0.15) is 0 Å². The van der Waals surface area contributed by atoms with E-state index >= 15 is 0 Å². The maximum absolute atomic E-state index is 13.3. The van der Waals surface area contributed by atoms with Crippen LogP contribution in [0.4, 0.5) is 0 Å². The number of pyridine rings is 1. The molecule has 0 radical (unpaired) electrons. The molecule has 8 heteroatoms. The van der Waals surface area contributed by atoms with E-state index in [0.29, 0.717) is 23.4 Å². The first-order valence-corrected chi connectivity index (χ1v) is 9.55. The van der Waals surface area contributed by atoms with Crippen molar-refractivity contribution in [1.82, 2.24) is 9.88 Å². The average molecular weight is 412 g/mol. The highest BCUT2D eigenvalue weighted by molar-refractivity contribution is 6.03. The number of hydrogen-bond acceptors (Lipinski definition) is 6. The third-order valence-corrected chi connectivity index (χ3v) is 5.12. The lowest BCUT2D eigenvalue weighted by Crippen LogP contribution is -2.46. The minimum atomic E-state index is -1.32. The Morgan fingerprint density at radius 1 is 1.20 bits per heavy atom. The van der Waals surface area contributed by atoms with Gasteiger partial charge >= 0.3 is 5.97 Å². The van der Waals surface area contributed by atoms with Crippen molar-refractivity contribution in [1.29, 1.82) is 0 Å². The third-order valence-electron chi connectivity index (χ3n) is 5.12. The molecule has 1 aromatic heterocycles. The van der Waals surface area contributed by atoms with Crippen LogP contribution in [0.2, 0.25) is 0 Å². The number of aromatic nitrogens is 1. The number of nitrogens with zero attached hydrogens (tertiary/aromatic N) is 1. The van der Waals surface area contributed by atoms with Crippen molar-refractivity contribution < 1.29 is 24.2 Å². The van der Waals surface area contributed by atoms with Crippen molar-refractivity contribution in [3.05, 3.63) is 63.6 Å². The van der Waals surface area contributed by atoms with E-state index in [0.717, 1.165) is 7.11 Å². The Morgan fingerprint density at radius 2 is 1.87 bits per heavy atom. The number of fused-ring (bicyclic) bond motifs is 1. The van der Waals surface area contributed by atoms with Crippen LogP contribution < -0.4 is 10.9 Å². The Labute approximate surface area is 173 Å². The van der Waals surface area contributed by atoms with Gasteiger partial charge in [0.15, 0.2) is 11.8 Å². The number of methoxy groups -OCH3 is 1. The molecule has 1 amide bonds. The first-order valence-electron chi connectivity index (χ1n) is 9.55. The Morgan fingerprint density at radius 3 is 2.47 bits per heavy atom. The molecule has 2 aromatic rings. The van der Waals surface area contributed by atoms with Crippen LogP contribution >= 0.6 is 0 Å². The number of nitrogens with one attached hydrogen (secondary N) is 1. The van der Waals surface area contributed by atoms with Gasteiger partial charge in [-0.25, -0.2) is 4.79 Å². The van der Waals surface area contributed by atoms with Crippen LogP contribution in [-0.4, -0.2) is 47.1 Å². The van der Waals surface area contributed by atoms with Gasteiger partial charge < -0.3 is 15.2 Å². The number of ketones is 1. The number of ether oxygens (including phenoxy) is 1. The van der Waals surface area contributed by atoms with Crippen molar-refractivity contribution in [2.45, 2.75) is 32.7 Å². The molecule has 0 saturated carbocycles. The number of benzene rings is 1. The average Bonchev–Trinajstić information content (AvgIpc) is 2.70. The lowest BCUT2D eigenvalue weighted by Gasteiger charge is -2.32. The van der Waals surface area contributed by atoms with Crippen molar-refractivity contribution in [3.63, 3.8) is 0 Å². The number of rotatable bonds is 5. The van der Waals surface area contributed by atoms with Gasteiger partial charge in [-0.3, -0.25) is 19.0 Å². The summed E-state index contributed by atoms with van der Waals surface area (Å²) in [5.74, 6) is -1.87. The summed E-state index contributed by atoms with van der Waals surface area (Å²) in [5, 5.41) is 11.7. The molecule has 1 aliphatic rings. The topological polar surface area (TPSA) is 115 Å². The normalized spacial score (nSPS) is 15.8. The first kappa shape index (κ1) is 21.4. The minimum absolute atomic E-state index is 0.161. The van der Waals surface area contributed by atoms with E-state index in [2.05, 4.69) is 10.1 Å². The molecule has 0 fully saturated rings. The lowest BCUT2D eigenvalue weighted by atomic mass is 9.75. The highest BCUT2D eigenvalue weighted by Gasteiger charge is 2.35. The van der Waals surface area contributed by atoms with Gasteiger partial charge in [-0.1, -0.05) is 32.0 Å². The Balaban J connectivity index is 2.18. The number of amides is 1. The molecule has 1 heterocycles. The zero-order chi connectivity index (χ0) is 22.1. The van der Waals surface area contributed by atoms with Crippen LogP contribution in [0.5, 0.6) is 0 Å². The fourth-order valence-electron chi connectivity index (χ4n) is 3.68. The predicted molar refractivity (Wildman–Crippen MR) is 109 cm³/mol. The second-order valence-corrected chi connectivity index (χ2v) is 8.07. The van der Waals surface area contributed by atoms with Gasteiger partial charge in [0, 0.05) is 23.4 Å². The molecule has 0 aliphatic heterocycles. The molecule has 8 nitrogen and oxygen atoms in total. The van der Waals surface area contributed by atoms with Gasteiger partial charge in [-0.05, 0) is 30.0 Å². The molecule has 3 rings (SSSR count). The van der Waals surface area contributed by atoms with E-state index in [4.69, 9.17) is 0 Å². The van der Waals surface area contributed by atoms with Crippen molar-refractivity contribution in [3.8, 4) is 5.69 Å². The van der Waals surface area contributed by atoms with Gasteiger partial charge in [0.2, 0.25) is 0 Å². The SMILES string of the molecule is COC(=O)C(CO)NC(=O)c1cc2c(n(-c3ccccc3)c1=O)CC(C)(C)CC2=O. The van der Waals surface area contributed by atoms with E-state index < -0.39 is 30.1 Å². The maximum atomic E-state index is 13.3. The van der Waals surface area contributed by atoms with E-state index in [1.165, 1.54) is 10.6 Å². The smallest absolute Gasteiger partial charge is 0.330 e. The molecular formula is C22H24N2O6. The summed E-state index contributed by atoms with van der Waals surface area (Å²) < 4.78 is 5.93. The van der Waals surface area contributed by atoms with E-state index in [1.807, 2.05) is 13.8 Å². The highest BCUT2D eigenvalue weighted by atomic mass is 16.5. The van der Waals surface area contributed by atoms with Crippen LogP contribution in [0.15, 0.2) is 41.2 Å². The van der Waals surface area contributed by atoms with Crippen molar-refractivity contribution in [2.24, 2.45) is 5.41 Å². The maximum Gasteiger partial charge on any atom is 0.330 e. The molecule has 0 spiro atoms. The van der Waals surface area contributed by atoms with E-state index in [-0.39, 0.29) is 23.2 Å². The number of aliphatic hydroxyl groups excluding tert-OH is 1. The quantitative estimate of drug-likeness (QED) is 0.715. The lowest BCUT2D eigenvalue weighted by molar-refractivity contribution is -0.143. The van der Waals surface area contributed by atoms with E-state index in [1.54, 1.807) is 30.3 Å². The fourth-order valence-corrected chi connectivity index (χ4v) is 3.68. The number of Topliss-reactive ketones (excluding diaryl/α,β-unsaturated/α-hetero) is 1. The third kappa shape index (κ3) is 4.04. The Bertz CT molecular complexity index is 1060. The zero-order valence-corrected chi connectivity index (χ0v) is 17.1. The second-order valence-electron chi connectivity index (χ2n) is 8.07. The number of aliphatic hydroxyl groups is 1. The number of hydrogen-bond donors (Lipinski definition) is 2. The summed E-state index contributed by atoms with van der Waals surface area (Å²) in [5.41, 5.74) is 0.171. The van der Waals surface area contributed by atoms with E-state index in [9.17, 15) is 24.3 Å². The molecule has 1 unspecified atom stereocenters. The Kier molecular flexibility index (Phi) is 5.89. The number of carbonyl (C=O) groups excluding carboxylic acids is 3. The summed E-state index contributed by atoms with van der Waals surface area (Å²) in [4.78, 5) is 50.7. The molecule has 30 heavy (non-hydrogen) atoms. The number of carbonyl (C=O) groups is 3. The van der Waals surface area contributed by atoms with Crippen molar-refractivity contribution >= 4 is 17.7 Å². The molecule has 1 aliphatic carbocycles. The van der Waals surface area contributed by atoms with Crippen LogP contribution in [0.3, 0.4) is 0 Å². The zero-order valence-electron chi connectivity index (χ0n) is 17.1. The first-order chi connectivity index (χ1) is 14.2. The van der Waals surface area contributed by atoms with Gasteiger partial charge in [0.25, 0.3) is 11.5 Å². The molecule has 2 N–H and O–H groups in total. The van der Waals surface area contributed by atoms with Gasteiger partial charge in [0.1, 0.15) is 5.56 Å². The summed E-state index contributed by atoms with van der Waals surface area (Å²) in [6.45, 7) is 3.22. The molecule has 0 saturated heterocycles. The largest absolute Gasteiger partial charge is 0.467 e. The molecule has 158 valence electrons. The predicted octanol–water partition coefficient (Wildman–Crippen LogP) is 1.26. The summed E-state index contributed by atoms with van der Waals surface area (Å²) in [6.07, 6.45) is 0.775. The van der Waals surface area contributed by atoms with Crippen LogP contribution in [0.25, 0.3) is 5.69 Å². The number of para-hydroxylation sites is 1. The van der Waals surface area contributed by atoms with Gasteiger partial charge in [0.05, 0.1) is 13.7 Å². The Hall–Kier alpha value is -3.26. The van der Waals surface area contributed by atoms with Crippen LogP contribution in [0, 0.1) is 5.41 Å². The standard InChI is InChI=1S/C22H24N2O6/c1-22(2)10-17-14(18(26)11-22)9-15(19(27)23-16(12-25)21(29)30-3)20(28)24(17)13-7-5-4-6-8-13/h4-9,16,25H,10-12H2,1-3H3,(H,23,27). The monoisotopic (exact) mass is 412 g/mol. The fraction of sp³-hybridized carbons (Fsp3) is 0.364. The summed E-state index contributed by atoms with van der Waals surface area (Å²) in [7, 11) is 1.12. The number of esters is 1. The van der Waals surface area contributed by atoms with Crippen molar-refractivity contribution in [2.75, 3.05) is 13.7 Å². The molecule has 1 aromatic carbocycles. The summed E-state index contributed by atoms with van der Waals surface area (Å²) in [6, 6.07) is 8.73. The molecule has 0 bridgehead atoms. The van der Waals surface area contributed by atoms with Crippen LogP contribution in [-0.2, 0) is 16.0 Å². The highest BCUT2D eigenvalue weighted by Crippen LogP contribution is 2.35.